The van der Waals surface area contributed by atoms with Gasteiger partial charge in [0.05, 0.1) is 0 Å². The molecule has 0 aliphatic rings. The molecule has 0 saturated carbocycles. The van der Waals surface area contributed by atoms with E-state index in [0.717, 1.165) is 16.7 Å². The minimum atomic E-state index is 0.895. The summed E-state index contributed by atoms with van der Waals surface area (Å²) in [6.45, 7) is 4.11. The maximum Gasteiger partial charge on any atom is 0.134 e. The van der Waals surface area contributed by atoms with Crippen LogP contribution in [0.1, 0.15) is 18.2 Å². The van der Waals surface area contributed by atoms with Gasteiger partial charge in [-0.3, -0.25) is 0 Å². The summed E-state index contributed by atoms with van der Waals surface area (Å²) in [6, 6.07) is 8.14. The number of allylic oxidation sites excluding steroid dienone is 1. The standard InChI is InChI=1S/C13H13BrO/c1-9(8-14)7-12-10(2)15-13-6-4-3-5-11(12)13/h3-7H,8H2,1-2H3/b9-7-. The number of benzene rings is 1. The van der Waals surface area contributed by atoms with Crippen LogP contribution in [0, 0.1) is 6.92 Å². The summed E-state index contributed by atoms with van der Waals surface area (Å²) in [5.74, 6) is 0.983. The van der Waals surface area contributed by atoms with E-state index in [1.54, 1.807) is 0 Å². The van der Waals surface area contributed by atoms with Gasteiger partial charge in [0, 0.05) is 16.3 Å². The number of para-hydroxylation sites is 1. The second-order valence-corrected chi connectivity index (χ2v) is 4.25. The molecule has 0 unspecified atom stereocenters. The van der Waals surface area contributed by atoms with Gasteiger partial charge in [-0.1, -0.05) is 45.8 Å². The lowest BCUT2D eigenvalue weighted by molar-refractivity contribution is 0.577. The molecule has 0 aliphatic carbocycles. The van der Waals surface area contributed by atoms with E-state index in [-0.39, 0.29) is 0 Å². The van der Waals surface area contributed by atoms with Gasteiger partial charge in [-0.05, 0) is 19.9 Å². The maximum atomic E-state index is 5.68. The molecule has 0 saturated heterocycles. The third-order valence-corrected chi connectivity index (χ3v) is 3.31. The molecule has 0 fully saturated rings. The third-order valence-electron chi connectivity index (χ3n) is 2.42. The molecule has 0 bridgehead atoms. The molecule has 0 spiro atoms. The molecule has 0 aliphatic heterocycles. The van der Waals surface area contributed by atoms with Crippen LogP contribution in [0.25, 0.3) is 17.0 Å². The Balaban J connectivity index is 2.64. The van der Waals surface area contributed by atoms with Crippen molar-refractivity contribution in [3.05, 3.63) is 41.2 Å². The van der Waals surface area contributed by atoms with Gasteiger partial charge in [0.25, 0.3) is 0 Å². The Morgan fingerprint density at radius 3 is 2.87 bits per heavy atom. The Labute approximate surface area is 97.9 Å². The van der Waals surface area contributed by atoms with Crippen LogP contribution in [0.2, 0.25) is 0 Å². The van der Waals surface area contributed by atoms with Crippen molar-refractivity contribution < 1.29 is 4.42 Å². The average molecular weight is 265 g/mol. The molecular weight excluding hydrogens is 252 g/mol. The first-order chi connectivity index (χ1) is 7.22. The van der Waals surface area contributed by atoms with Crippen molar-refractivity contribution in [1.29, 1.82) is 0 Å². The Bertz CT molecular complexity index is 508. The highest BCUT2D eigenvalue weighted by molar-refractivity contribution is 9.09. The van der Waals surface area contributed by atoms with E-state index in [0.29, 0.717) is 0 Å². The van der Waals surface area contributed by atoms with Crippen molar-refractivity contribution in [2.45, 2.75) is 13.8 Å². The summed E-state index contributed by atoms with van der Waals surface area (Å²) in [4.78, 5) is 0. The van der Waals surface area contributed by atoms with Crippen LogP contribution in [0.4, 0.5) is 0 Å². The maximum absolute atomic E-state index is 5.68. The van der Waals surface area contributed by atoms with Gasteiger partial charge >= 0.3 is 0 Å². The summed E-state index contributed by atoms with van der Waals surface area (Å²) in [7, 11) is 0. The van der Waals surface area contributed by atoms with E-state index < -0.39 is 0 Å². The molecule has 78 valence electrons. The molecule has 1 aromatic heterocycles. The quantitative estimate of drug-likeness (QED) is 0.726. The predicted octanol–water partition coefficient (Wildman–Crippen LogP) is 4.54. The Hall–Kier alpha value is -1.02. The monoisotopic (exact) mass is 264 g/mol. The summed E-state index contributed by atoms with van der Waals surface area (Å²) >= 11 is 3.45. The molecule has 2 heteroatoms. The lowest BCUT2D eigenvalue weighted by atomic mass is 10.1. The first kappa shape index (κ1) is 10.5. The Kier molecular flexibility index (Phi) is 2.96. The fourth-order valence-electron chi connectivity index (χ4n) is 1.65. The molecule has 0 N–H and O–H groups in total. The minimum Gasteiger partial charge on any atom is -0.461 e. The fraction of sp³-hybridized carbons (Fsp3) is 0.231. The van der Waals surface area contributed by atoms with Crippen molar-refractivity contribution >= 4 is 33.0 Å². The zero-order valence-corrected chi connectivity index (χ0v) is 10.5. The molecule has 1 nitrogen and oxygen atoms in total. The van der Waals surface area contributed by atoms with Crippen LogP contribution in [0.3, 0.4) is 0 Å². The van der Waals surface area contributed by atoms with Crippen LogP contribution in [0.5, 0.6) is 0 Å². The minimum absolute atomic E-state index is 0.895. The zero-order valence-electron chi connectivity index (χ0n) is 8.88. The van der Waals surface area contributed by atoms with Crippen LogP contribution in [0.15, 0.2) is 34.3 Å². The van der Waals surface area contributed by atoms with Crippen molar-refractivity contribution in [1.82, 2.24) is 0 Å². The van der Waals surface area contributed by atoms with Crippen molar-refractivity contribution in [2.24, 2.45) is 0 Å². The van der Waals surface area contributed by atoms with Crippen LogP contribution >= 0.6 is 15.9 Å². The fourth-order valence-corrected chi connectivity index (χ4v) is 1.81. The number of rotatable bonds is 2. The second kappa shape index (κ2) is 4.23. The lowest BCUT2D eigenvalue weighted by Gasteiger charge is -1.95. The highest BCUT2D eigenvalue weighted by Gasteiger charge is 2.07. The van der Waals surface area contributed by atoms with E-state index in [9.17, 15) is 0 Å². The van der Waals surface area contributed by atoms with E-state index in [4.69, 9.17) is 4.42 Å². The zero-order chi connectivity index (χ0) is 10.8. The molecule has 0 radical (unpaired) electrons. The number of alkyl halides is 1. The molecule has 0 atom stereocenters. The number of fused-ring (bicyclic) bond motifs is 1. The third kappa shape index (κ3) is 2.00. The van der Waals surface area contributed by atoms with Gasteiger partial charge in [-0.25, -0.2) is 0 Å². The molecule has 1 heterocycles. The first-order valence-corrected chi connectivity index (χ1v) is 6.06. The molecule has 0 amide bonds. The van der Waals surface area contributed by atoms with E-state index in [1.165, 1.54) is 16.5 Å². The van der Waals surface area contributed by atoms with E-state index in [1.807, 2.05) is 25.1 Å². The van der Waals surface area contributed by atoms with Gasteiger partial charge in [0.2, 0.25) is 0 Å². The van der Waals surface area contributed by atoms with E-state index in [2.05, 4.69) is 35.0 Å². The number of hydrogen-bond donors (Lipinski definition) is 0. The molecule has 1 aromatic carbocycles. The summed E-state index contributed by atoms with van der Waals surface area (Å²) in [5, 5.41) is 2.08. The van der Waals surface area contributed by atoms with Gasteiger partial charge in [-0.2, -0.15) is 0 Å². The number of aryl methyl sites for hydroxylation is 1. The summed E-state index contributed by atoms with van der Waals surface area (Å²) in [6.07, 6.45) is 2.18. The Morgan fingerprint density at radius 1 is 1.40 bits per heavy atom. The van der Waals surface area contributed by atoms with Crippen molar-refractivity contribution in [3.63, 3.8) is 0 Å². The smallest absolute Gasteiger partial charge is 0.134 e. The van der Waals surface area contributed by atoms with Gasteiger partial charge in [-0.15, -0.1) is 0 Å². The second-order valence-electron chi connectivity index (χ2n) is 3.69. The highest BCUT2D eigenvalue weighted by atomic mass is 79.9. The van der Waals surface area contributed by atoms with Crippen LogP contribution in [-0.4, -0.2) is 5.33 Å². The van der Waals surface area contributed by atoms with Gasteiger partial charge in [0.15, 0.2) is 0 Å². The molecule has 2 aromatic rings. The number of halogens is 1. The SMILES string of the molecule is C/C(=C/c1c(C)oc2ccccc12)CBr. The van der Waals surface area contributed by atoms with Gasteiger partial charge < -0.3 is 4.42 Å². The predicted molar refractivity (Wildman–Crippen MR) is 68.4 cm³/mol. The number of furan rings is 1. The normalized spacial score (nSPS) is 12.3. The molecular formula is C13H13BrO. The van der Waals surface area contributed by atoms with Crippen molar-refractivity contribution in [2.75, 3.05) is 5.33 Å². The molecule has 15 heavy (non-hydrogen) atoms. The Morgan fingerprint density at radius 2 is 2.13 bits per heavy atom. The summed E-state index contributed by atoms with van der Waals surface area (Å²) in [5.41, 5.74) is 3.45. The topological polar surface area (TPSA) is 13.1 Å². The lowest BCUT2D eigenvalue weighted by Crippen LogP contribution is -1.78. The van der Waals surface area contributed by atoms with Crippen molar-refractivity contribution in [3.8, 4) is 0 Å². The number of hydrogen-bond acceptors (Lipinski definition) is 1. The first-order valence-electron chi connectivity index (χ1n) is 4.93. The highest BCUT2D eigenvalue weighted by Crippen LogP contribution is 2.27. The van der Waals surface area contributed by atoms with Gasteiger partial charge in [0.1, 0.15) is 11.3 Å². The van der Waals surface area contributed by atoms with Crippen LogP contribution < -0.4 is 0 Å². The average Bonchev–Trinajstić information content (AvgIpc) is 2.55. The van der Waals surface area contributed by atoms with Crippen LogP contribution in [-0.2, 0) is 0 Å². The molecule has 2 rings (SSSR count). The summed E-state index contributed by atoms with van der Waals surface area (Å²) < 4.78 is 5.68. The largest absolute Gasteiger partial charge is 0.461 e. The van der Waals surface area contributed by atoms with E-state index >= 15 is 0 Å².